The lowest BCUT2D eigenvalue weighted by Gasteiger charge is -2.11. The minimum atomic E-state index is -0.0385. The normalized spacial score (nSPS) is 12.4. The Kier molecular flexibility index (Phi) is 5.00. The van der Waals surface area contributed by atoms with Crippen LogP contribution in [-0.2, 0) is 0 Å². The van der Waals surface area contributed by atoms with Gasteiger partial charge < -0.3 is 10.5 Å². The van der Waals surface area contributed by atoms with Crippen LogP contribution in [0.5, 0.6) is 5.75 Å². The van der Waals surface area contributed by atoms with Gasteiger partial charge in [0.05, 0.1) is 12.6 Å². The zero-order valence-corrected chi connectivity index (χ0v) is 12.4. The third kappa shape index (κ3) is 3.82. The van der Waals surface area contributed by atoms with Crippen LogP contribution in [0.4, 0.5) is 0 Å². The molecule has 1 heterocycles. The van der Waals surface area contributed by atoms with Crippen molar-refractivity contribution in [2.24, 2.45) is 5.73 Å². The van der Waals surface area contributed by atoms with E-state index >= 15 is 0 Å². The molecular formula is C16H21NOS. The molecule has 1 aromatic heterocycles. The van der Waals surface area contributed by atoms with Gasteiger partial charge in [-0.3, -0.25) is 0 Å². The van der Waals surface area contributed by atoms with Crippen LogP contribution in [-0.4, -0.2) is 6.61 Å². The first kappa shape index (κ1) is 14.1. The van der Waals surface area contributed by atoms with Gasteiger partial charge in [-0.25, -0.2) is 0 Å². The predicted octanol–water partition coefficient (Wildman–Crippen LogP) is 4.28. The fourth-order valence-corrected chi connectivity index (χ4v) is 2.80. The molecular weight excluding hydrogens is 254 g/mol. The number of hydrogen-bond acceptors (Lipinski definition) is 3. The SMILES string of the molecule is CCCCOc1ccc(C(N)c2ccc(C)s2)cc1. The van der Waals surface area contributed by atoms with Crippen LogP contribution in [0.3, 0.4) is 0 Å². The molecule has 3 heteroatoms. The molecule has 1 aromatic carbocycles. The van der Waals surface area contributed by atoms with Gasteiger partial charge in [-0.2, -0.15) is 0 Å². The fraction of sp³-hybridized carbons (Fsp3) is 0.375. The lowest BCUT2D eigenvalue weighted by atomic mass is 10.1. The predicted molar refractivity (Wildman–Crippen MR) is 81.9 cm³/mol. The van der Waals surface area contributed by atoms with Gasteiger partial charge in [-0.15, -0.1) is 11.3 Å². The van der Waals surface area contributed by atoms with Crippen molar-refractivity contribution in [2.75, 3.05) is 6.61 Å². The minimum Gasteiger partial charge on any atom is -0.494 e. The molecule has 2 aromatic rings. The summed E-state index contributed by atoms with van der Waals surface area (Å²) in [6, 6.07) is 12.3. The largest absolute Gasteiger partial charge is 0.494 e. The third-order valence-electron chi connectivity index (χ3n) is 3.07. The van der Waals surface area contributed by atoms with Crippen LogP contribution < -0.4 is 10.5 Å². The van der Waals surface area contributed by atoms with Crippen LogP contribution in [0.25, 0.3) is 0 Å². The Balaban J connectivity index is 2.01. The van der Waals surface area contributed by atoms with Gasteiger partial charge in [0.1, 0.15) is 5.75 Å². The van der Waals surface area contributed by atoms with E-state index in [4.69, 9.17) is 10.5 Å². The summed E-state index contributed by atoms with van der Waals surface area (Å²) >= 11 is 1.76. The fourth-order valence-electron chi connectivity index (χ4n) is 1.89. The van der Waals surface area contributed by atoms with E-state index in [1.807, 2.05) is 12.1 Å². The van der Waals surface area contributed by atoms with E-state index in [0.29, 0.717) is 0 Å². The molecule has 1 atom stereocenters. The number of benzene rings is 1. The Morgan fingerprint density at radius 1 is 1.16 bits per heavy atom. The zero-order valence-electron chi connectivity index (χ0n) is 11.6. The van der Waals surface area contributed by atoms with Crippen LogP contribution in [0, 0.1) is 6.92 Å². The van der Waals surface area contributed by atoms with Gasteiger partial charge in [-0.1, -0.05) is 25.5 Å². The molecule has 0 spiro atoms. The van der Waals surface area contributed by atoms with Crippen molar-refractivity contribution in [2.45, 2.75) is 32.7 Å². The molecule has 0 bridgehead atoms. The molecule has 0 aliphatic heterocycles. The second-order valence-electron chi connectivity index (χ2n) is 4.70. The Labute approximate surface area is 119 Å². The zero-order chi connectivity index (χ0) is 13.7. The van der Waals surface area contributed by atoms with Crippen LogP contribution in [0.2, 0.25) is 0 Å². The van der Waals surface area contributed by atoms with E-state index in [-0.39, 0.29) is 6.04 Å². The highest BCUT2D eigenvalue weighted by Crippen LogP contribution is 2.27. The molecule has 2 rings (SSSR count). The number of nitrogens with two attached hydrogens (primary N) is 1. The average Bonchev–Trinajstić information content (AvgIpc) is 2.86. The van der Waals surface area contributed by atoms with Crippen molar-refractivity contribution >= 4 is 11.3 Å². The molecule has 2 nitrogen and oxygen atoms in total. The van der Waals surface area contributed by atoms with Crippen LogP contribution in [0.15, 0.2) is 36.4 Å². The maximum atomic E-state index is 6.27. The number of thiophene rings is 1. The summed E-state index contributed by atoms with van der Waals surface area (Å²) in [6.45, 7) is 5.05. The average molecular weight is 275 g/mol. The smallest absolute Gasteiger partial charge is 0.119 e. The molecule has 0 fully saturated rings. The molecule has 0 aliphatic carbocycles. The number of ether oxygens (including phenoxy) is 1. The molecule has 0 saturated heterocycles. The van der Waals surface area contributed by atoms with Gasteiger partial charge in [0.25, 0.3) is 0 Å². The third-order valence-corrected chi connectivity index (χ3v) is 4.16. The second kappa shape index (κ2) is 6.73. The quantitative estimate of drug-likeness (QED) is 0.798. The Morgan fingerprint density at radius 2 is 1.89 bits per heavy atom. The van der Waals surface area contributed by atoms with Crippen molar-refractivity contribution in [3.05, 3.63) is 51.7 Å². The molecule has 0 aliphatic rings. The van der Waals surface area contributed by atoms with E-state index in [1.54, 1.807) is 11.3 Å². The van der Waals surface area contributed by atoms with Gasteiger partial charge in [0, 0.05) is 9.75 Å². The standard InChI is InChI=1S/C16H21NOS/c1-3-4-11-18-14-8-6-13(7-9-14)16(17)15-10-5-12(2)19-15/h5-10,16H,3-4,11,17H2,1-2H3. The van der Waals surface area contributed by atoms with Crippen LogP contribution >= 0.6 is 11.3 Å². The lowest BCUT2D eigenvalue weighted by molar-refractivity contribution is 0.309. The molecule has 1 unspecified atom stereocenters. The highest BCUT2D eigenvalue weighted by atomic mass is 32.1. The maximum Gasteiger partial charge on any atom is 0.119 e. The molecule has 0 amide bonds. The van der Waals surface area contributed by atoms with Crippen molar-refractivity contribution in [3.8, 4) is 5.75 Å². The first-order valence-corrected chi connectivity index (χ1v) is 7.57. The van der Waals surface area contributed by atoms with Crippen molar-refractivity contribution in [1.29, 1.82) is 0 Å². The Morgan fingerprint density at radius 3 is 2.47 bits per heavy atom. The summed E-state index contributed by atoms with van der Waals surface area (Å²) in [5.74, 6) is 0.923. The highest BCUT2D eigenvalue weighted by molar-refractivity contribution is 7.12. The van der Waals surface area contributed by atoms with E-state index in [9.17, 15) is 0 Å². The Hall–Kier alpha value is -1.32. The van der Waals surface area contributed by atoms with E-state index in [0.717, 1.165) is 30.8 Å². The summed E-state index contributed by atoms with van der Waals surface area (Å²) in [6.07, 6.45) is 2.25. The van der Waals surface area contributed by atoms with Gasteiger partial charge in [0.2, 0.25) is 0 Å². The van der Waals surface area contributed by atoms with E-state index in [1.165, 1.54) is 9.75 Å². The number of hydrogen-bond donors (Lipinski definition) is 1. The maximum absolute atomic E-state index is 6.27. The van der Waals surface area contributed by atoms with Gasteiger partial charge in [-0.05, 0) is 43.2 Å². The molecule has 0 saturated carbocycles. The summed E-state index contributed by atoms with van der Waals surface area (Å²) < 4.78 is 5.65. The summed E-state index contributed by atoms with van der Waals surface area (Å²) in [5.41, 5.74) is 7.40. The van der Waals surface area contributed by atoms with Crippen molar-refractivity contribution < 1.29 is 4.74 Å². The van der Waals surface area contributed by atoms with Crippen LogP contribution in [0.1, 0.15) is 41.1 Å². The summed E-state index contributed by atoms with van der Waals surface area (Å²) in [5, 5.41) is 0. The molecule has 2 N–H and O–H groups in total. The molecule has 19 heavy (non-hydrogen) atoms. The Bertz CT molecular complexity index is 504. The lowest BCUT2D eigenvalue weighted by Crippen LogP contribution is -2.10. The first-order valence-electron chi connectivity index (χ1n) is 6.75. The number of unbranched alkanes of at least 4 members (excludes halogenated alkanes) is 1. The number of rotatable bonds is 6. The van der Waals surface area contributed by atoms with Gasteiger partial charge >= 0.3 is 0 Å². The van der Waals surface area contributed by atoms with Crippen molar-refractivity contribution in [3.63, 3.8) is 0 Å². The molecule has 0 radical (unpaired) electrons. The summed E-state index contributed by atoms with van der Waals surface area (Å²) in [7, 11) is 0. The van der Waals surface area contributed by atoms with E-state index in [2.05, 4.69) is 38.1 Å². The second-order valence-corrected chi connectivity index (χ2v) is 6.02. The number of aryl methyl sites for hydroxylation is 1. The summed E-state index contributed by atoms with van der Waals surface area (Å²) in [4.78, 5) is 2.50. The highest BCUT2D eigenvalue weighted by Gasteiger charge is 2.10. The first-order chi connectivity index (χ1) is 9.20. The minimum absolute atomic E-state index is 0.0385. The van der Waals surface area contributed by atoms with Crippen molar-refractivity contribution in [1.82, 2.24) is 0 Å². The molecule has 102 valence electrons. The topological polar surface area (TPSA) is 35.2 Å². The van der Waals surface area contributed by atoms with Gasteiger partial charge in [0.15, 0.2) is 0 Å². The monoisotopic (exact) mass is 275 g/mol. The van der Waals surface area contributed by atoms with E-state index < -0.39 is 0 Å².